The van der Waals surface area contributed by atoms with Crippen LogP contribution in [0.15, 0.2) is 0 Å². The molecule has 1 aliphatic heterocycles. The Morgan fingerprint density at radius 1 is 1.36 bits per heavy atom. The highest BCUT2D eigenvalue weighted by Crippen LogP contribution is 2.14. The van der Waals surface area contributed by atoms with Gasteiger partial charge in [-0.25, -0.2) is 0 Å². The molecule has 2 atom stereocenters. The Morgan fingerprint density at radius 2 is 1.93 bits per heavy atom. The maximum absolute atomic E-state index is 5.86. The van der Waals surface area contributed by atoms with E-state index in [1.807, 2.05) is 7.11 Å². The number of nitrogens with two attached hydrogens (primary N) is 1. The van der Waals surface area contributed by atoms with Gasteiger partial charge >= 0.3 is 0 Å². The molecule has 0 saturated carbocycles. The maximum atomic E-state index is 5.86. The van der Waals surface area contributed by atoms with Crippen LogP contribution in [0.3, 0.4) is 0 Å². The molecule has 0 aromatic heterocycles. The SMILES string of the molecule is COC1CCN(CC(C)C(C)N)CC1. The van der Waals surface area contributed by atoms with E-state index in [9.17, 15) is 0 Å². The van der Waals surface area contributed by atoms with Crippen LogP contribution in [0.2, 0.25) is 0 Å². The Labute approximate surface area is 87.6 Å². The molecule has 2 N–H and O–H groups in total. The number of ether oxygens (including phenoxy) is 1. The van der Waals surface area contributed by atoms with Gasteiger partial charge in [0.25, 0.3) is 0 Å². The van der Waals surface area contributed by atoms with E-state index in [2.05, 4.69) is 18.7 Å². The molecule has 0 radical (unpaired) electrons. The van der Waals surface area contributed by atoms with E-state index in [1.54, 1.807) is 0 Å². The van der Waals surface area contributed by atoms with Gasteiger partial charge in [0, 0.05) is 32.8 Å². The van der Waals surface area contributed by atoms with Crippen molar-refractivity contribution in [2.24, 2.45) is 11.7 Å². The van der Waals surface area contributed by atoms with Crippen molar-refractivity contribution in [3.63, 3.8) is 0 Å². The number of likely N-dealkylation sites (tertiary alicyclic amines) is 1. The molecule has 0 spiro atoms. The molecule has 0 aromatic rings. The van der Waals surface area contributed by atoms with Gasteiger partial charge in [-0.2, -0.15) is 0 Å². The van der Waals surface area contributed by atoms with Gasteiger partial charge in [-0.05, 0) is 25.7 Å². The smallest absolute Gasteiger partial charge is 0.0595 e. The summed E-state index contributed by atoms with van der Waals surface area (Å²) in [5.74, 6) is 0.592. The molecule has 3 heteroatoms. The molecule has 0 aliphatic carbocycles. The van der Waals surface area contributed by atoms with Gasteiger partial charge in [0.05, 0.1) is 6.10 Å². The predicted molar refractivity (Wildman–Crippen MR) is 59.3 cm³/mol. The van der Waals surface area contributed by atoms with Crippen LogP contribution in [0.5, 0.6) is 0 Å². The Balaban J connectivity index is 2.22. The average molecular weight is 200 g/mol. The van der Waals surface area contributed by atoms with Crippen LogP contribution >= 0.6 is 0 Å². The molecule has 1 heterocycles. The first-order valence-electron chi connectivity index (χ1n) is 5.64. The molecule has 84 valence electrons. The quantitative estimate of drug-likeness (QED) is 0.738. The van der Waals surface area contributed by atoms with Crippen LogP contribution in [0.25, 0.3) is 0 Å². The van der Waals surface area contributed by atoms with E-state index in [4.69, 9.17) is 10.5 Å². The number of methoxy groups -OCH3 is 1. The van der Waals surface area contributed by atoms with Crippen molar-refractivity contribution in [2.75, 3.05) is 26.7 Å². The summed E-state index contributed by atoms with van der Waals surface area (Å²) >= 11 is 0. The topological polar surface area (TPSA) is 38.5 Å². The van der Waals surface area contributed by atoms with Crippen LogP contribution in [-0.4, -0.2) is 43.8 Å². The summed E-state index contributed by atoms with van der Waals surface area (Å²) in [5, 5.41) is 0. The van der Waals surface area contributed by atoms with E-state index in [0.29, 0.717) is 18.1 Å². The number of nitrogens with zero attached hydrogens (tertiary/aromatic N) is 1. The van der Waals surface area contributed by atoms with Gasteiger partial charge in [0.2, 0.25) is 0 Å². The monoisotopic (exact) mass is 200 g/mol. The average Bonchev–Trinajstić information content (AvgIpc) is 2.19. The molecule has 1 saturated heterocycles. The zero-order chi connectivity index (χ0) is 10.6. The highest BCUT2D eigenvalue weighted by Gasteiger charge is 2.20. The van der Waals surface area contributed by atoms with Gasteiger partial charge in [-0.1, -0.05) is 6.92 Å². The third-order valence-corrected chi connectivity index (χ3v) is 3.31. The molecule has 1 aliphatic rings. The van der Waals surface area contributed by atoms with Gasteiger partial charge in [-0.3, -0.25) is 0 Å². The summed E-state index contributed by atoms with van der Waals surface area (Å²) in [6, 6.07) is 0.301. The van der Waals surface area contributed by atoms with Crippen LogP contribution in [0.1, 0.15) is 26.7 Å². The highest BCUT2D eigenvalue weighted by molar-refractivity contribution is 4.75. The molecular weight excluding hydrogens is 176 g/mol. The Hall–Kier alpha value is -0.120. The lowest BCUT2D eigenvalue weighted by Crippen LogP contribution is -2.42. The second-order valence-corrected chi connectivity index (χ2v) is 4.57. The third kappa shape index (κ3) is 3.56. The Bertz CT molecular complexity index is 153. The second kappa shape index (κ2) is 5.69. The summed E-state index contributed by atoms with van der Waals surface area (Å²) in [6.45, 7) is 7.78. The summed E-state index contributed by atoms with van der Waals surface area (Å²) in [5.41, 5.74) is 5.86. The molecule has 2 unspecified atom stereocenters. The maximum Gasteiger partial charge on any atom is 0.0595 e. The second-order valence-electron chi connectivity index (χ2n) is 4.57. The van der Waals surface area contributed by atoms with Crippen LogP contribution in [0.4, 0.5) is 0 Å². The summed E-state index contributed by atoms with van der Waals surface area (Å²) in [7, 11) is 1.81. The van der Waals surface area contributed by atoms with Crippen molar-refractivity contribution in [3.05, 3.63) is 0 Å². The van der Waals surface area contributed by atoms with Gasteiger partial charge in [-0.15, -0.1) is 0 Å². The summed E-state index contributed by atoms with van der Waals surface area (Å²) < 4.78 is 5.34. The lowest BCUT2D eigenvalue weighted by molar-refractivity contribution is 0.0364. The van der Waals surface area contributed by atoms with Crippen molar-refractivity contribution in [3.8, 4) is 0 Å². The highest BCUT2D eigenvalue weighted by atomic mass is 16.5. The Morgan fingerprint density at radius 3 is 2.36 bits per heavy atom. The standard InChI is InChI=1S/C11H24N2O/c1-9(10(2)12)8-13-6-4-11(14-3)5-7-13/h9-11H,4-8,12H2,1-3H3. The van der Waals surface area contributed by atoms with E-state index in [-0.39, 0.29) is 0 Å². The zero-order valence-corrected chi connectivity index (χ0v) is 9.70. The Kier molecular flexibility index (Phi) is 4.85. The number of rotatable bonds is 4. The fourth-order valence-corrected chi connectivity index (χ4v) is 1.90. The van der Waals surface area contributed by atoms with Crippen LogP contribution in [0, 0.1) is 5.92 Å². The van der Waals surface area contributed by atoms with E-state index in [1.165, 1.54) is 12.8 Å². The van der Waals surface area contributed by atoms with Crippen molar-refractivity contribution < 1.29 is 4.74 Å². The molecule has 1 rings (SSSR count). The van der Waals surface area contributed by atoms with E-state index >= 15 is 0 Å². The van der Waals surface area contributed by atoms with Gasteiger partial charge in [0.15, 0.2) is 0 Å². The zero-order valence-electron chi connectivity index (χ0n) is 9.70. The largest absolute Gasteiger partial charge is 0.381 e. The minimum atomic E-state index is 0.301. The van der Waals surface area contributed by atoms with E-state index < -0.39 is 0 Å². The first-order valence-corrected chi connectivity index (χ1v) is 5.64. The lowest BCUT2D eigenvalue weighted by atomic mass is 10.0. The molecule has 0 amide bonds. The van der Waals surface area contributed by atoms with Crippen LogP contribution in [-0.2, 0) is 4.74 Å². The van der Waals surface area contributed by atoms with Crippen LogP contribution < -0.4 is 5.73 Å². The minimum Gasteiger partial charge on any atom is -0.381 e. The third-order valence-electron chi connectivity index (χ3n) is 3.31. The minimum absolute atomic E-state index is 0.301. The van der Waals surface area contributed by atoms with Gasteiger partial charge in [0.1, 0.15) is 0 Å². The first kappa shape index (κ1) is 12.0. The number of piperidine rings is 1. The van der Waals surface area contributed by atoms with E-state index in [0.717, 1.165) is 19.6 Å². The lowest BCUT2D eigenvalue weighted by Gasteiger charge is -2.33. The normalized spacial score (nSPS) is 24.9. The number of hydrogen-bond acceptors (Lipinski definition) is 3. The number of hydrogen-bond donors (Lipinski definition) is 1. The molecule has 3 nitrogen and oxygen atoms in total. The molecule has 0 aromatic carbocycles. The van der Waals surface area contributed by atoms with Crippen molar-refractivity contribution in [1.82, 2.24) is 4.90 Å². The fraction of sp³-hybridized carbons (Fsp3) is 1.00. The van der Waals surface area contributed by atoms with Gasteiger partial charge < -0.3 is 15.4 Å². The van der Waals surface area contributed by atoms with Crippen molar-refractivity contribution in [2.45, 2.75) is 38.8 Å². The van der Waals surface area contributed by atoms with Crippen molar-refractivity contribution >= 4 is 0 Å². The predicted octanol–water partition coefficient (Wildman–Crippen LogP) is 1.08. The first-order chi connectivity index (χ1) is 6.63. The molecule has 0 bridgehead atoms. The fourth-order valence-electron chi connectivity index (χ4n) is 1.90. The molecule has 1 fully saturated rings. The molecular formula is C11H24N2O. The summed E-state index contributed by atoms with van der Waals surface area (Å²) in [4.78, 5) is 2.50. The molecule has 14 heavy (non-hydrogen) atoms. The van der Waals surface area contributed by atoms with Crippen molar-refractivity contribution in [1.29, 1.82) is 0 Å². The summed E-state index contributed by atoms with van der Waals surface area (Å²) in [6.07, 6.45) is 2.82.